The summed E-state index contributed by atoms with van der Waals surface area (Å²) in [6, 6.07) is 0.0802. The predicted octanol–water partition coefficient (Wildman–Crippen LogP) is 0.276. The Bertz CT molecular complexity index is 318. The zero-order valence-corrected chi connectivity index (χ0v) is 11.1. The second-order valence-electron chi connectivity index (χ2n) is 4.67. The van der Waals surface area contributed by atoms with Gasteiger partial charge in [-0.2, -0.15) is 17.0 Å². The molecular formula is C10H22N2O3S. The minimum Gasteiger partial charge on any atom is -0.396 e. The van der Waals surface area contributed by atoms with E-state index >= 15 is 0 Å². The molecule has 0 radical (unpaired) electrons. The lowest BCUT2D eigenvalue weighted by Gasteiger charge is -2.26. The summed E-state index contributed by atoms with van der Waals surface area (Å²) in [6.07, 6.45) is 1.40. The number of nitrogens with zero attached hydrogens (tertiary/aromatic N) is 2. The van der Waals surface area contributed by atoms with Crippen LogP contribution >= 0.6 is 0 Å². The summed E-state index contributed by atoms with van der Waals surface area (Å²) in [5, 5.41) is 8.71. The third kappa shape index (κ3) is 2.94. The molecule has 0 amide bonds. The molecule has 0 spiro atoms. The summed E-state index contributed by atoms with van der Waals surface area (Å²) < 4.78 is 27.2. The van der Waals surface area contributed by atoms with Crippen molar-refractivity contribution in [3.05, 3.63) is 0 Å². The number of hydrogen-bond donors (Lipinski definition) is 1. The number of aliphatic hydroxyl groups is 1. The van der Waals surface area contributed by atoms with Gasteiger partial charge in [0.2, 0.25) is 0 Å². The highest BCUT2D eigenvalue weighted by molar-refractivity contribution is 7.86. The van der Waals surface area contributed by atoms with Gasteiger partial charge in [0.25, 0.3) is 10.2 Å². The molecule has 1 fully saturated rings. The van der Waals surface area contributed by atoms with Crippen molar-refractivity contribution in [3.8, 4) is 0 Å². The van der Waals surface area contributed by atoms with E-state index in [0.717, 1.165) is 6.42 Å². The van der Waals surface area contributed by atoms with Crippen molar-refractivity contribution in [3.63, 3.8) is 0 Å². The van der Waals surface area contributed by atoms with Crippen molar-refractivity contribution in [2.75, 3.05) is 26.7 Å². The van der Waals surface area contributed by atoms with Gasteiger partial charge in [0.15, 0.2) is 0 Å². The van der Waals surface area contributed by atoms with Crippen LogP contribution in [0.1, 0.15) is 26.7 Å². The summed E-state index contributed by atoms with van der Waals surface area (Å²) in [5.41, 5.74) is 0. The summed E-state index contributed by atoms with van der Waals surface area (Å²) in [6.45, 7) is 5.01. The first kappa shape index (κ1) is 13.9. The van der Waals surface area contributed by atoms with Gasteiger partial charge >= 0.3 is 0 Å². The van der Waals surface area contributed by atoms with Crippen LogP contribution in [0.4, 0.5) is 0 Å². The molecule has 1 rings (SSSR count). The average molecular weight is 250 g/mol. The molecule has 1 saturated heterocycles. The molecule has 0 bridgehead atoms. The monoisotopic (exact) mass is 250 g/mol. The molecule has 6 heteroatoms. The lowest BCUT2D eigenvalue weighted by molar-refractivity contribution is 0.270. The predicted molar refractivity (Wildman–Crippen MR) is 63.2 cm³/mol. The molecule has 1 aliphatic rings. The second-order valence-corrected chi connectivity index (χ2v) is 6.65. The van der Waals surface area contributed by atoms with Crippen LogP contribution in [0.5, 0.6) is 0 Å². The van der Waals surface area contributed by atoms with Crippen molar-refractivity contribution in [2.45, 2.75) is 32.7 Å². The van der Waals surface area contributed by atoms with Crippen LogP contribution in [0.25, 0.3) is 0 Å². The Kier molecular flexibility index (Phi) is 4.73. The van der Waals surface area contributed by atoms with E-state index in [2.05, 4.69) is 6.92 Å². The van der Waals surface area contributed by atoms with Crippen molar-refractivity contribution < 1.29 is 13.5 Å². The minimum atomic E-state index is -3.34. The van der Waals surface area contributed by atoms with Gasteiger partial charge < -0.3 is 5.11 Å². The Balaban J connectivity index is 2.69. The van der Waals surface area contributed by atoms with Crippen molar-refractivity contribution in [1.29, 1.82) is 0 Å². The molecule has 5 nitrogen and oxygen atoms in total. The summed E-state index contributed by atoms with van der Waals surface area (Å²) in [4.78, 5) is 0. The molecular weight excluding hydrogens is 228 g/mol. The first-order valence-electron chi connectivity index (χ1n) is 5.73. The molecule has 96 valence electrons. The highest BCUT2D eigenvalue weighted by Crippen LogP contribution is 2.26. The lowest BCUT2D eigenvalue weighted by atomic mass is 10.1. The Morgan fingerprint density at radius 1 is 1.44 bits per heavy atom. The van der Waals surface area contributed by atoms with Crippen LogP contribution in [0.3, 0.4) is 0 Å². The molecule has 0 aromatic rings. The van der Waals surface area contributed by atoms with Gasteiger partial charge in [0, 0.05) is 32.8 Å². The standard InChI is InChI=1S/C10H22N2O3S/c1-9-7-10(2)12(8-9)16(14,15)11(3)5-4-6-13/h9-10,13H,4-8H2,1-3H3. The fourth-order valence-corrected chi connectivity index (χ4v) is 3.87. The van der Waals surface area contributed by atoms with E-state index in [1.54, 1.807) is 11.4 Å². The van der Waals surface area contributed by atoms with Gasteiger partial charge in [-0.3, -0.25) is 0 Å². The van der Waals surface area contributed by atoms with Gasteiger partial charge in [0.1, 0.15) is 0 Å². The van der Waals surface area contributed by atoms with Gasteiger partial charge in [-0.25, -0.2) is 0 Å². The van der Waals surface area contributed by atoms with Crippen LogP contribution in [0.15, 0.2) is 0 Å². The maximum atomic E-state index is 12.2. The van der Waals surface area contributed by atoms with Crippen LogP contribution in [-0.2, 0) is 10.2 Å². The third-order valence-corrected chi connectivity index (χ3v) is 5.12. The lowest BCUT2D eigenvalue weighted by Crippen LogP contribution is -2.44. The molecule has 0 saturated carbocycles. The summed E-state index contributed by atoms with van der Waals surface area (Å²) in [5.74, 6) is 0.427. The van der Waals surface area contributed by atoms with Gasteiger partial charge in [-0.15, -0.1) is 0 Å². The van der Waals surface area contributed by atoms with Gasteiger partial charge in [0.05, 0.1) is 0 Å². The molecule has 0 aromatic heterocycles. The van der Waals surface area contributed by atoms with E-state index in [4.69, 9.17) is 5.11 Å². The van der Waals surface area contributed by atoms with Gasteiger partial charge in [-0.1, -0.05) is 6.92 Å². The highest BCUT2D eigenvalue weighted by atomic mass is 32.2. The Hall–Kier alpha value is -0.170. The number of rotatable bonds is 5. The van der Waals surface area contributed by atoms with E-state index in [9.17, 15) is 8.42 Å². The Morgan fingerprint density at radius 2 is 2.06 bits per heavy atom. The van der Waals surface area contributed by atoms with Crippen LogP contribution in [0.2, 0.25) is 0 Å². The molecule has 1 N–H and O–H groups in total. The van der Waals surface area contributed by atoms with E-state index in [0.29, 0.717) is 25.4 Å². The average Bonchev–Trinajstić information content (AvgIpc) is 2.54. The first-order chi connectivity index (χ1) is 7.39. The Morgan fingerprint density at radius 3 is 2.50 bits per heavy atom. The quantitative estimate of drug-likeness (QED) is 0.762. The minimum absolute atomic E-state index is 0.0197. The highest BCUT2D eigenvalue weighted by Gasteiger charge is 2.37. The smallest absolute Gasteiger partial charge is 0.281 e. The molecule has 0 aliphatic carbocycles. The first-order valence-corrected chi connectivity index (χ1v) is 7.13. The van der Waals surface area contributed by atoms with Crippen molar-refractivity contribution in [1.82, 2.24) is 8.61 Å². The molecule has 1 heterocycles. The van der Waals surface area contributed by atoms with E-state index in [1.165, 1.54) is 4.31 Å². The molecule has 16 heavy (non-hydrogen) atoms. The Labute approximate surface area is 98.2 Å². The fraction of sp³-hybridized carbons (Fsp3) is 1.00. The zero-order chi connectivity index (χ0) is 12.3. The van der Waals surface area contributed by atoms with Crippen LogP contribution in [-0.4, -0.2) is 54.9 Å². The molecule has 2 unspecified atom stereocenters. The maximum absolute atomic E-state index is 12.2. The molecule has 1 aliphatic heterocycles. The third-order valence-electron chi connectivity index (χ3n) is 3.05. The maximum Gasteiger partial charge on any atom is 0.281 e. The summed E-state index contributed by atoms with van der Waals surface area (Å²) in [7, 11) is -1.77. The van der Waals surface area contributed by atoms with E-state index < -0.39 is 10.2 Å². The zero-order valence-electron chi connectivity index (χ0n) is 10.3. The number of hydrogen-bond acceptors (Lipinski definition) is 3. The van der Waals surface area contributed by atoms with Crippen molar-refractivity contribution in [2.24, 2.45) is 5.92 Å². The fourth-order valence-electron chi connectivity index (χ4n) is 2.17. The SMILES string of the molecule is CC1CC(C)N(S(=O)(=O)N(C)CCCO)C1. The van der Waals surface area contributed by atoms with E-state index in [1.807, 2.05) is 6.92 Å². The van der Waals surface area contributed by atoms with Crippen molar-refractivity contribution >= 4 is 10.2 Å². The largest absolute Gasteiger partial charge is 0.396 e. The summed E-state index contributed by atoms with van der Waals surface area (Å²) >= 11 is 0. The van der Waals surface area contributed by atoms with E-state index in [-0.39, 0.29) is 12.6 Å². The van der Waals surface area contributed by atoms with Crippen LogP contribution in [0, 0.1) is 5.92 Å². The van der Waals surface area contributed by atoms with Crippen LogP contribution < -0.4 is 0 Å². The van der Waals surface area contributed by atoms with Gasteiger partial charge in [-0.05, 0) is 25.7 Å². The second kappa shape index (κ2) is 5.44. The topological polar surface area (TPSA) is 60.9 Å². The number of aliphatic hydroxyl groups excluding tert-OH is 1. The molecule has 0 aromatic carbocycles. The normalized spacial score (nSPS) is 27.8. The molecule has 2 atom stereocenters.